The number of aryl methyl sites for hydroxylation is 2. The van der Waals surface area contributed by atoms with Gasteiger partial charge in [0.25, 0.3) is 0 Å². The Hall–Kier alpha value is -1.40. The van der Waals surface area contributed by atoms with Gasteiger partial charge in [0.05, 0.1) is 17.2 Å². The standard InChI is InChI=1S/C14H19N3OS2/c1-9(12-5-4-6-19-12)7-15-14(18)16-8-13-10(2)17-11(3)20-13/h4-6,9H,7-8H2,1-3H3,(H2,15,16,18)/t9-/m0/s1. The first-order valence-corrected chi connectivity index (χ1v) is 8.24. The lowest BCUT2D eigenvalue weighted by Crippen LogP contribution is -2.36. The molecule has 0 bridgehead atoms. The second kappa shape index (κ2) is 6.85. The van der Waals surface area contributed by atoms with Gasteiger partial charge < -0.3 is 10.6 Å². The first-order valence-electron chi connectivity index (χ1n) is 6.54. The van der Waals surface area contributed by atoms with Crippen LogP contribution >= 0.6 is 22.7 Å². The van der Waals surface area contributed by atoms with Crippen LogP contribution in [0.25, 0.3) is 0 Å². The number of thiophene rings is 1. The molecule has 2 rings (SSSR count). The fraction of sp³-hybridized carbons (Fsp3) is 0.429. The third-order valence-corrected chi connectivity index (χ3v) is 5.18. The molecule has 0 aliphatic carbocycles. The predicted octanol–water partition coefficient (Wildman–Crippen LogP) is 3.42. The van der Waals surface area contributed by atoms with E-state index in [4.69, 9.17) is 0 Å². The minimum absolute atomic E-state index is 0.126. The molecule has 0 aromatic carbocycles. The number of urea groups is 1. The molecule has 0 spiro atoms. The Morgan fingerprint density at radius 1 is 1.40 bits per heavy atom. The highest BCUT2D eigenvalue weighted by atomic mass is 32.1. The van der Waals surface area contributed by atoms with E-state index >= 15 is 0 Å². The van der Waals surface area contributed by atoms with Crippen LogP contribution in [0.3, 0.4) is 0 Å². The average Bonchev–Trinajstić information content (AvgIpc) is 3.03. The highest BCUT2D eigenvalue weighted by Gasteiger charge is 2.10. The predicted molar refractivity (Wildman–Crippen MR) is 84.6 cm³/mol. The van der Waals surface area contributed by atoms with Gasteiger partial charge in [-0.1, -0.05) is 13.0 Å². The summed E-state index contributed by atoms with van der Waals surface area (Å²) in [5.74, 6) is 0.341. The minimum Gasteiger partial charge on any atom is -0.338 e. The summed E-state index contributed by atoms with van der Waals surface area (Å²) in [4.78, 5) is 18.5. The zero-order valence-corrected chi connectivity index (χ0v) is 13.5. The van der Waals surface area contributed by atoms with Crippen LogP contribution in [0.1, 0.15) is 33.3 Å². The lowest BCUT2D eigenvalue weighted by molar-refractivity contribution is 0.240. The maximum Gasteiger partial charge on any atom is 0.315 e. The molecule has 2 aromatic rings. The van der Waals surface area contributed by atoms with Gasteiger partial charge in [0.1, 0.15) is 0 Å². The zero-order valence-electron chi connectivity index (χ0n) is 11.9. The lowest BCUT2D eigenvalue weighted by atomic mass is 10.1. The lowest BCUT2D eigenvalue weighted by Gasteiger charge is -2.11. The van der Waals surface area contributed by atoms with Gasteiger partial charge in [0.15, 0.2) is 0 Å². The molecule has 2 aromatic heterocycles. The summed E-state index contributed by atoms with van der Waals surface area (Å²) in [6.07, 6.45) is 0. The first kappa shape index (κ1) is 15.0. The first-order chi connectivity index (χ1) is 9.56. The number of hydrogen-bond donors (Lipinski definition) is 2. The van der Waals surface area contributed by atoms with Gasteiger partial charge in [0.2, 0.25) is 0 Å². The molecular weight excluding hydrogens is 290 g/mol. The van der Waals surface area contributed by atoms with Crippen LogP contribution < -0.4 is 10.6 Å². The normalized spacial score (nSPS) is 12.2. The summed E-state index contributed by atoms with van der Waals surface area (Å²) in [6.45, 7) is 7.24. The van der Waals surface area contributed by atoms with E-state index in [-0.39, 0.29) is 6.03 Å². The summed E-state index contributed by atoms with van der Waals surface area (Å²) >= 11 is 3.35. The fourth-order valence-corrected chi connectivity index (χ4v) is 3.54. The van der Waals surface area contributed by atoms with Crippen LogP contribution in [0, 0.1) is 13.8 Å². The summed E-state index contributed by atoms with van der Waals surface area (Å²) in [5, 5.41) is 8.88. The van der Waals surface area contributed by atoms with E-state index in [2.05, 4.69) is 34.0 Å². The van der Waals surface area contributed by atoms with E-state index in [0.717, 1.165) is 15.6 Å². The van der Waals surface area contributed by atoms with Crippen LogP contribution in [0.5, 0.6) is 0 Å². The molecule has 6 heteroatoms. The van der Waals surface area contributed by atoms with Crippen LogP contribution in [0.2, 0.25) is 0 Å². The van der Waals surface area contributed by atoms with E-state index in [1.54, 1.807) is 22.7 Å². The number of nitrogens with one attached hydrogen (secondary N) is 2. The van der Waals surface area contributed by atoms with Crippen LogP contribution in [0.15, 0.2) is 17.5 Å². The average molecular weight is 309 g/mol. The Labute approximate surface area is 127 Å². The second-order valence-corrected chi connectivity index (χ2v) is 6.99. The third-order valence-electron chi connectivity index (χ3n) is 3.01. The molecule has 0 saturated carbocycles. The zero-order chi connectivity index (χ0) is 14.5. The summed E-state index contributed by atoms with van der Waals surface area (Å²) in [5.41, 5.74) is 1.000. The summed E-state index contributed by atoms with van der Waals surface area (Å²) < 4.78 is 0. The summed E-state index contributed by atoms with van der Waals surface area (Å²) in [6, 6.07) is 4.00. The highest BCUT2D eigenvalue weighted by molar-refractivity contribution is 7.11. The molecule has 4 nitrogen and oxygen atoms in total. The molecule has 0 aliphatic rings. The maximum absolute atomic E-state index is 11.8. The topological polar surface area (TPSA) is 54.0 Å². The van der Waals surface area contributed by atoms with E-state index in [9.17, 15) is 4.79 Å². The van der Waals surface area contributed by atoms with E-state index < -0.39 is 0 Å². The molecular formula is C14H19N3OS2. The van der Waals surface area contributed by atoms with Crippen molar-refractivity contribution in [3.05, 3.63) is 38.0 Å². The molecule has 2 N–H and O–H groups in total. The fourth-order valence-electron chi connectivity index (χ4n) is 1.88. The van der Waals surface area contributed by atoms with Crippen LogP contribution in [0.4, 0.5) is 4.79 Å². The molecule has 0 fully saturated rings. The van der Waals surface area contributed by atoms with Gasteiger partial charge in [-0.2, -0.15) is 0 Å². The van der Waals surface area contributed by atoms with Crippen molar-refractivity contribution in [3.63, 3.8) is 0 Å². The summed E-state index contributed by atoms with van der Waals surface area (Å²) in [7, 11) is 0. The van der Waals surface area contributed by atoms with Gasteiger partial charge in [-0.25, -0.2) is 9.78 Å². The van der Waals surface area contributed by atoms with Crippen molar-refractivity contribution in [1.29, 1.82) is 0 Å². The number of aromatic nitrogens is 1. The molecule has 0 radical (unpaired) electrons. The number of rotatable bonds is 5. The molecule has 108 valence electrons. The minimum atomic E-state index is -0.126. The SMILES string of the molecule is Cc1nc(C)c(CNC(=O)NC[C@H](C)c2cccs2)s1. The number of hydrogen-bond acceptors (Lipinski definition) is 4. The van der Waals surface area contributed by atoms with Crippen LogP contribution in [-0.4, -0.2) is 17.6 Å². The number of carbonyl (C=O) groups excluding carboxylic acids is 1. The van der Waals surface area contributed by atoms with Gasteiger partial charge in [-0.15, -0.1) is 22.7 Å². The third kappa shape index (κ3) is 4.05. The molecule has 2 heterocycles. The number of thiazole rings is 1. The molecule has 20 heavy (non-hydrogen) atoms. The number of nitrogens with zero attached hydrogens (tertiary/aromatic N) is 1. The quantitative estimate of drug-likeness (QED) is 0.889. The van der Waals surface area contributed by atoms with E-state index in [1.807, 2.05) is 19.9 Å². The highest BCUT2D eigenvalue weighted by Crippen LogP contribution is 2.19. The van der Waals surface area contributed by atoms with E-state index in [1.165, 1.54) is 4.88 Å². The van der Waals surface area contributed by atoms with Crippen molar-refractivity contribution >= 4 is 28.7 Å². The van der Waals surface area contributed by atoms with Gasteiger partial charge in [-0.3, -0.25) is 0 Å². The number of amides is 2. The molecule has 1 atom stereocenters. The van der Waals surface area contributed by atoms with Gasteiger partial charge >= 0.3 is 6.03 Å². The van der Waals surface area contributed by atoms with Gasteiger partial charge in [-0.05, 0) is 25.3 Å². The maximum atomic E-state index is 11.8. The molecule has 0 saturated heterocycles. The smallest absolute Gasteiger partial charge is 0.315 e. The largest absolute Gasteiger partial charge is 0.338 e. The Morgan fingerprint density at radius 3 is 2.80 bits per heavy atom. The van der Waals surface area contributed by atoms with E-state index in [0.29, 0.717) is 19.0 Å². The molecule has 0 unspecified atom stereocenters. The molecule has 0 aliphatic heterocycles. The Morgan fingerprint density at radius 2 is 2.20 bits per heavy atom. The Kier molecular flexibility index (Phi) is 5.14. The van der Waals surface area contributed by atoms with Crippen molar-refractivity contribution in [2.45, 2.75) is 33.2 Å². The second-order valence-electron chi connectivity index (χ2n) is 4.72. The van der Waals surface area contributed by atoms with Crippen molar-refractivity contribution < 1.29 is 4.79 Å². The Bertz CT molecular complexity index is 563. The van der Waals surface area contributed by atoms with Crippen molar-refractivity contribution in [3.8, 4) is 0 Å². The van der Waals surface area contributed by atoms with Crippen molar-refractivity contribution in [2.24, 2.45) is 0 Å². The molecule has 2 amide bonds. The van der Waals surface area contributed by atoms with Crippen LogP contribution in [-0.2, 0) is 6.54 Å². The monoisotopic (exact) mass is 309 g/mol. The Balaban J connectivity index is 1.74. The van der Waals surface area contributed by atoms with Crippen molar-refractivity contribution in [2.75, 3.05) is 6.54 Å². The van der Waals surface area contributed by atoms with Gasteiger partial charge in [0, 0.05) is 22.2 Å². The number of carbonyl (C=O) groups is 1. The van der Waals surface area contributed by atoms with Crippen molar-refractivity contribution in [1.82, 2.24) is 15.6 Å².